The van der Waals surface area contributed by atoms with Gasteiger partial charge < -0.3 is 4.90 Å². The van der Waals surface area contributed by atoms with Crippen LogP contribution in [-0.4, -0.2) is 22.7 Å². The maximum atomic E-state index is 5.91. The molecule has 0 radical (unpaired) electrons. The molecule has 2 aliphatic rings. The zero-order valence-corrected chi connectivity index (χ0v) is 11.1. The van der Waals surface area contributed by atoms with E-state index < -0.39 is 0 Å². The Balaban J connectivity index is 1.91. The lowest BCUT2D eigenvalue weighted by Crippen LogP contribution is -2.31. The monoisotopic (exact) mass is 264 g/mol. The number of halogens is 1. The van der Waals surface area contributed by atoms with Gasteiger partial charge in [0.2, 0.25) is 0 Å². The van der Waals surface area contributed by atoms with E-state index in [0.29, 0.717) is 6.04 Å². The predicted molar refractivity (Wildman–Crippen MR) is 75.2 cm³/mol. The van der Waals surface area contributed by atoms with Crippen LogP contribution in [0.25, 0.3) is 5.70 Å². The molecule has 0 unspecified atom stereocenters. The average molecular weight is 265 g/mol. The molecule has 1 atom stereocenters. The van der Waals surface area contributed by atoms with E-state index in [9.17, 15) is 0 Å². The molecule has 0 saturated carbocycles. The summed E-state index contributed by atoms with van der Waals surface area (Å²) in [7, 11) is 0. The number of hydrogen-bond acceptors (Lipinski definition) is 3. The van der Waals surface area contributed by atoms with Gasteiger partial charge in [0.1, 0.15) is 0 Å². The van der Waals surface area contributed by atoms with Gasteiger partial charge in [-0.1, -0.05) is 35.5 Å². The highest BCUT2D eigenvalue weighted by Gasteiger charge is 2.27. The zero-order valence-electron chi connectivity index (χ0n) is 9.56. The van der Waals surface area contributed by atoms with Gasteiger partial charge in [0, 0.05) is 17.0 Å². The summed E-state index contributed by atoms with van der Waals surface area (Å²) in [5.41, 5.74) is 2.46. The quantitative estimate of drug-likeness (QED) is 0.766. The normalized spacial score (nSPS) is 23.2. The third-order valence-corrected chi connectivity index (χ3v) is 4.17. The van der Waals surface area contributed by atoms with Crippen molar-refractivity contribution in [2.75, 3.05) is 6.54 Å². The Kier molecular flexibility index (Phi) is 2.89. The molecule has 1 aromatic rings. The fraction of sp³-hybridized carbons (Fsp3) is 0.308. The number of benzene rings is 1. The molecule has 0 spiro atoms. The Hall–Kier alpha value is -0.930. The Morgan fingerprint density at radius 3 is 2.88 bits per heavy atom. The number of amidine groups is 1. The minimum absolute atomic E-state index is 0.451. The van der Waals surface area contributed by atoms with E-state index in [2.05, 4.69) is 34.4 Å². The lowest BCUT2D eigenvalue weighted by Gasteiger charge is -2.28. The van der Waals surface area contributed by atoms with Gasteiger partial charge in [-0.15, -0.1) is 0 Å². The zero-order chi connectivity index (χ0) is 11.8. The predicted octanol–water partition coefficient (Wildman–Crippen LogP) is 3.84. The fourth-order valence-electron chi connectivity index (χ4n) is 2.07. The van der Waals surface area contributed by atoms with Crippen LogP contribution in [0, 0.1) is 0 Å². The maximum Gasteiger partial charge on any atom is 0.168 e. The van der Waals surface area contributed by atoms with Crippen molar-refractivity contribution in [2.45, 2.75) is 19.4 Å². The molecule has 2 nitrogen and oxygen atoms in total. The second-order valence-electron chi connectivity index (χ2n) is 4.33. The minimum atomic E-state index is 0.451. The Bertz CT molecular complexity index is 493. The molecule has 0 amide bonds. The molecule has 2 aliphatic heterocycles. The number of hydrogen-bond donors (Lipinski definition) is 0. The van der Waals surface area contributed by atoms with E-state index >= 15 is 0 Å². The number of aliphatic imine (C=N–C) groups is 1. The van der Waals surface area contributed by atoms with Crippen molar-refractivity contribution in [3.63, 3.8) is 0 Å². The molecule has 88 valence electrons. The Labute approximate surface area is 110 Å². The molecule has 0 saturated heterocycles. The van der Waals surface area contributed by atoms with Gasteiger partial charge in [-0.25, -0.2) is 0 Å². The highest BCUT2D eigenvalue weighted by Crippen LogP contribution is 2.36. The van der Waals surface area contributed by atoms with Crippen molar-refractivity contribution >= 4 is 34.2 Å². The summed E-state index contributed by atoms with van der Waals surface area (Å²) < 4.78 is 0. The van der Waals surface area contributed by atoms with Crippen molar-refractivity contribution in [3.8, 4) is 0 Å². The van der Waals surface area contributed by atoms with E-state index in [0.717, 1.165) is 23.2 Å². The van der Waals surface area contributed by atoms with Crippen molar-refractivity contribution in [3.05, 3.63) is 40.3 Å². The fourth-order valence-corrected chi connectivity index (χ4v) is 3.23. The first-order chi connectivity index (χ1) is 8.24. The standard InChI is InChI=1S/C13H13ClN2S/c1-9-6-7-16-12(8-17-13(16)15-9)10-2-4-11(14)5-3-10/h2-5,8-9H,6-7H2,1H3/t9-/m0/s1. The molecule has 2 heterocycles. The molecule has 0 fully saturated rings. The van der Waals surface area contributed by atoms with Crippen molar-refractivity contribution in [1.29, 1.82) is 0 Å². The number of nitrogens with zero attached hydrogens (tertiary/aromatic N) is 2. The summed E-state index contributed by atoms with van der Waals surface area (Å²) in [6.07, 6.45) is 1.12. The third kappa shape index (κ3) is 2.09. The van der Waals surface area contributed by atoms with Crippen LogP contribution in [0.15, 0.2) is 34.7 Å². The van der Waals surface area contributed by atoms with Crippen LogP contribution in [0.5, 0.6) is 0 Å². The van der Waals surface area contributed by atoms with Gasteiger partial charge in [0.15, 0.2) is 5.17 Å². The molecule has 17 heavy (non-hydrogen) atoms. The largest absolute Gasteiger partial charge is 0.320 e. The smallest absolute Gasteiger partial charge is 0.168 e. The summed E-state index contributed by atoms with van der Waals surface area (Å²) in [5, 5.41) is 4.09. The molecule has 3 rings (SSSR count). The Morgan fingerprint density at radius 1 is 1.35 bits per heavy atom. The summed E-state index contributed by atoms with van der Waals surface area (Å²) in [6, 6.07) is 8.45. The second-order valence-corrected chi connectivity index (χ2v) is 5.60. The highest BCUT2D eigenvalue weighted by molar-refractivity contribution is 8.16. The third-order valence-electron chi connectivity index (χ3n) is 3.04. The van der Waals surface area contributed by atoms with Crippen LogP contribution in [0.1, 0.15) is 18.9 Å². The van der Waals surface area contributed by atoms with Crippen LogP contribution in [-0.2, 0) is 0 Å². The van der Waals surface area contributed by atoms with Crippen LogP contribution in [0.2, 0.25) is 5.02 Å². The molecule has 0 aromatic heterocycles. The summed E-state index contributed by atoms with van der Waals surface area (Å²) in [5.74, 6) is 0. The molecule has 0 bridgehead atoms. The van der Waals surface area contributed by atoms with Gasteiger partial charge in [0.25, 0.3) is 0 Å². The van der Waals surface area contributed by atoms with E-state index in [1.165, 1.54) is 11.3 Å². The van der Waals surface area contributed by atoms with Gasteiger partial charge >= 0.3 is 0 Å². The Morgan fingerprint density at radius 2 is 2.12 bits per heavy atom. The molecule has 4 heteroatoms. The molecule has 0 aliphatic carbocycles. The van der Waals surface area contributed by atoms with Crippen LogP contribution in [0.3, 0.4) is 0 Å². The SMILES string of the molecule is C[C@H]1CCN2C(c3ccc(Cl)cc3)=CSC2=N1. The number of rotatable bonds is 1. The summed E-state index contributed by atoms with van der Waals surface area (Å²) >= 11 is 7.63. The van der Waals surface area contributed by atoms with Gasteiger partial charge in [-0.3, -0.25) is 4.99 Å². The second kappa shape index (κ2) is 4.39. The van der Waals surface area contributed by atoms with Crippen molar-refractivity contribution in [1.82, 2.24) is 4.90 Å². The first-order valence-electron chi connectivity index (χ1n) is 5.72. The van der Waals surface area contributed by atoms with E-state index in [1.54, 1.807) is 11.8 Å². The first-order valence-corrected chi connectivity index (χ1v) is 6.98. The van der Waals surface area contributed by atoms with E-state index in [-0.39, 0.29) is 0 Å². The molecular weight excluding hydrogens is 252 g/mol. The summed E-state index contributed by atoms with van der Waals surface area (Å²) in [4.78, 5) is 6.96. The van der Waals surface area contributed by atoms with Crippen LogP contribution in [0.4, 0.5) is 0 Å². The average Bonchev–Trinajstić information content (AvgIpc) is 2.73. The van der Waals surface area contributed by atoms with E-state index in [1.807, 2.05) is 12.1 Å². The van der Waals surface area contributed by atoms with Gasteiger partial charge in [-0.2, -0.15) is 0 Å². The van der Waals surface area contributed by atoms with Gasteiger partial charge in [-0.05, 0) is 31.0 Å². The topological polar surface area (TPSA) is 15.6 Å². The highest BCUT2D eigenvalue weighted by atomic mass is 35.5. The van der Waals surface area contributed by atoms with E-state index in [4.69, 9.17) is 11.6 Å². The summed E-state index contributed by atoms with van der Waals surface area (Å²) in [6.45, 7) is 3.23. The first kappa shape index (κ1) is 11.2. The molecular formula is C13H13ClN2S. The number of fused-ring (bicyclic) bond motifs is 1. The lowest BCUT2D eigenvalue weighted by molar-refractivity contribution is 0.489. The van der Waals surface area contributed by atoms with Crippen LogP contribution < -0.4 is 0 Å². The van der Waals surface area contributed by atoms with Crippen molar-refractivity contribution in [2.24, 2.45) is 4.99 Å². The molecule has 0 N–H and O–H groups in total. The molecule has 1 aromatic carbocycles. The lowest BCUT2D eigenvalue weighted by atomic mass is 10.1. The maximum absolute atomic E-state index is 5.91. The van der Waals surface area contributed by atoms with Crippen molar-refractivity contribution < 1.29 is 0 Å². The minimum Gasteiger partial charge on any atom is -0.320 e. The van der Waals surface area contributed by atoms with Gasteiger partial charge in [0.05, 0.1) is 11.7 Å². The van der Waals surface area contributed by atoms with Crippen LogP contribution >= 0.6 is 23.4 Å². The number of thioether (sulfide) groups is 1.